The molecule has 3 heteroatoms. The fourth-order valence-electron chi connectivity index (χ4n) is 9.14. The lowest BCUT2D eigenvalue weighted by atomic mass is 9.61. The molecular formula is C40H70O3. The number of ether oxygens (including phenoxy) is 1. The Bertz CT molecular complexity index is 981. The number of allylic oxidation sites excluding steroid dienone is 1. The van der Waals surface area contributed by atoms with Crippen molar-refractivity contribution in [2.45, 2.75) is 195 Å². The summed E-state index contributed by atoms with van der Waals surface area (Å²) in [5, 5.41) is 20.4. The standard InChI is InChI=1S/C40H70O3/c1-29(17-13-19-31(3)21-22-36-33(5)25-34(41)26-37(36,6)7)15-11-12-16-30(2)18-14-20-32(4)23-24-40-38(8,9)27-35(42)28-39(40,10)43-40/h29-32,34-35,41-42H,11-20,23-28H2,1-10H3/t29?,30?,31?,32?,34-,35+,39-,40+/m1/s1. The van der Waals surface area contributed by atoms with Crippen molar-refractivity contribution in [2.24, 2.45) is 34.5 Å². The fourth-order valence-corrected chi connectivity index (χ4v) is 9.14. The van der Waals surface area contributed by atoms with Gasteiger partial charge in [-0.3, -0.25) is 0 Å². The first-order valence-electron chi connectivity index (χ1n) is 18.3. The first-order valence-corrected chi connectivity index (χ1v) is 18.3. The normalized spacial score (nSPS) is 32.3. The van der Waals surface area contributed by atoms with E-state index in [-0.39, 0.29) is 34.2 Å². The van der Waals surface area contributed by atoms with Crippen LogP contribution in [0.3, 0.4) is 0 Å². The lowest BCUT2D eigenvalue weighted by Gasteiger charge is -2.41. The van der Waals surface area contributed by atoms with E-state index in [1.54, 1.807) is 0 Å². The molecule has 0 amide bonds. The van der Waals surface area contributed by atoms with Crippen LogP contribution in [-0.4, -0.2) is 33.6 Å². The predicted molar refractivity (Wildman–Crippen MR) is 183 cm³/mol. The second kappa shape index (κ2) is 15.2. The summed E-state index contributed by atoms with van der Waals surface area (Å²) in [5.41, 5.74) is 2.48. The molecule has 43 heavy (non-hydrogen) atoms. The summed E-state index contributed by atoms with van der Waals surface area (Å²) in [7, 11) is 0. The number of aliphatic hydroxyl groups is 2. The molecule has 1 aliphatic heterocycles. The quantitative estimate of drug-likeness (QED) is 0.106. The van der Waals surface area contributed by atoms with Crippen molar-refractivity contribution >= 4 is 0 Å². The van der Waals surface area contributed by atoms with E-state index < -0.39 is 0 Å². The molecule has 3 rings (SSSR count). The first kappa shape index (κ1) is 36.6. The van der Waals surface area contributed by atoms with Gasteiger partial charge in [-0.05, 0) is 75.5 Å². The van der Waals surface area contributed by atoms with Gasteiger partial charge in [0.15, 0.2) is 0 Å². The van der Waals surface area contributed by atoms with Gasteiger partial charge in [-0.2, -0.15) is 0 Å². The summed E-state index contributed by atoms with van der Waals surface area (Å²) in [6, 6.07) is 0. The van der Waals surface area contributed by atoms with Crippen LogP contribution in [0.1, 0.15) is 172 Å². The van der Waals surface area contributed by atoms with E-state index >= 15 is 0 Å². The number of unbranched alkanes of at least 4 members (excludes halogenated alkanes) is 1. The molecule has 1 saturated heterocycles. The van der Waals surface area contributed by atoms with Crippen molar-refractivity contribution in [3.8, 4) is 11.8 Å². The number of hydrogen-bond acceptors (Lipinski definition) is 3. The maximum Gasteiger partial charge on any atom is 0.103 e. The summed E-state index contributed by atoms with van der Waals surface area (Å²) < 4.78 is 6.40. The fraction of sp³-hybridized carbons (Fsp3) is 0.900. The molecule has 8 atom stereocenters. The van der Waals surface area contributed by atoms with Crippen LogP contribution in [-0.2, 0) is 4.74 Å². The second-order valence-electron chi connectivity index (χ2n) is 17.4. The Hall–Kier alpha value is -0.820. The van der Waals surface area contributed by atoms with Crippen LogP contribution in [0, 0.1) is 46.3 Å². The molecular weight excluding hydrogens is 528 g/mol. The van der Waals surface area contributed by atoms with Crippen LogP contribution in [0.25, 0.3) is 0 Å². The molecule has 1 saturated carbocycles. The molecule has 0 spiro atoms. The lowest BCUT2D eigenvalue weighted by Crippen LogP contribution is -2.47. The Balaban J connectivity index is 1.22. The van der Waals surface area contributed by atoms with Gasteiger partial charge < -0.3 is 14.9 Å². The largest absolute Gasteiger partial charge is 0.393 e. The van der Waals surface area contributed by atoms with Gasteiger partial charge in [0, 0.05) is 23.3 Å². The average molecular weight is 599 g/mol. The monoisotopic (exact) mass is 599 g/mol. The number of hydrogen-bond donors (Lipinski definition) is 2. The topological polar surface area (TPSA) is 53.0 Å². The zero-order chi connectivity index (χ0) is 32.1. The Morgan fingerprint density at radius 1 is 0.721 bits per heavy atom. The molecule has 2 aliphatic carbocycles. The van der Waals surface area contributed by atoms with Gasteiger partial charge in [-0.25, -0.2) is 0 Å². The molecule has 3 aliphatic rings. The molecule has 3 nitrogen and oxygen atoms in total. The van der Waals surface area contributed by atoms with Gasteiger partial charge in [0.25, 0.3) is 0 Å². The van der Waals surface area contributed by atoms with E-state index in [1.165, 1.54) is 81.8 Å². The Morgan fingerprint density at radius 3 is 1.81 bits per heavy atom. The van der Waals surface area contributed by atoms with Crippen LogP contribution in [0.5, 0.6) is 0 Å². The second-order valence-corrected chi connectivity index (χ2v) is 17.4. The van der Waals surface area contributed by atoms with E-state index in [1.807, 2.05) is 0 Å². The van der Waals surface area contributed by atoms with E-state index in [4.69, 9.17) is 4.74 Å². The van der Waals surface area contributed by atoms with Crippen LogP contribution < -0.4 is 0 Å². The lowest BCUT2D eigenvalue weighted by molar-refractivity contribution is 0.0291. The van der Waals surface area contributed by atoms with Crippen molar-refractivity contribution in [3.05, 3.63) is 11.1 Å². The van der Waals surface area contributed by atoms with Crippen molar-refractivity contribution < 1.29 is 14.9 Å². The summed E-state index contributed by atoms with van der Waals surface area (Å²) in [5.74, 6) is 9.91. The zero-order valence-electron chi connectivity index (χ0n) is 30.1. The highest BCUT2D eigenvalue weighted by atomic mass is 16.6. The number of rotatable bonds is 16. The molecule has 2 fully saturated rings. The molecule has 0 aromatic carbocycles. The highest BCUT2D eigenvalue weighted by Gasteiger charge is 2.75. The highest BCUT2D eigenvalue weighted by molar-refractivity contribution is 5.40. The van der Waals surface area contributed by atoms with Gasteiger partial charge in [-0.1, -0.05) is 131 Å². The van der Waals surface area contributed by atoms with Gasteiger partial charge in [-0.15, -0.1) is 0 Å². The molecule has 0 aromatic heterocycles. The first-order chi connectivity index (χ1) is 20.0. The number of fused-ring (bicyclic) bond motifs is 1. The van der Waals surface area contributed by atoms with E-state index in [2.05, 4.69) is 81.1 Å². The summed E-state index contributed by atoms with van der Waals surface area (Å²) in [4.78, 5) is 0. The van der Waals surface area contributed by atoms with E-state index in [0.29, 0.717) is 5.92 Å². The smallest absolute Gasteiger partial charge is 0.103 e. The van der Waals surface area contributed by atoms with Gasteiger partial charge in [0.1, 0.15) is 5.60 Å². The maximum absolute atomic E-state index is 10.3. The van der Waals surface area contributed by atoms with Crippen LogP contribution >= 0.6 is 0 Å². The van der Waals surface area contributed by atoms with E-state index in [0.717, 1.165) is 49.9 Å². The number of aliphatic hydroxyl groups excluding tert-OH is 2. The van der Waals surface area contributed by atoms with Gasteiger partial charge in [0.2, 0.25) is 0 Å². The minimum Gasteiger partial charge on any atom is -0.393 e. The Morgan fingerprint density at radius 2 is 1.26 bits per heavy atom. The summed E-state index contributed by atoms with van der Waals surface area (Å²) in [6.07, 6.45) is 18.6. The Labute approximate surface area is 267 Å². The van der Waals surface area contributed by atoms with Gasteiger partial charge >= 0.3 is 0 Å². The van der Waals surface area contributed by atoms with E-state index in [9.17, 15) is 10.2 Å². The predicted octanol–water partition coefficient (Wildman–Crippen LogP) is 10.4. The van der Waals surface area contributed by atoms with Crippen LogP contribution in [0.2, 0.25) is 0 Å². The minimum absolute atomic E-state index is 0.00800. The molecule has 4 unspecified atom stereocenters. The third-order valence-corrected chi connectivity index (χ3v) is 11.9. The molecule has 0 radical (unpaired) electrons. The minimum atomic E-state index is -0.214. The average Bonchev–Trinajstić information content (AvgIpc) is 3.49. The summed E-state index contributed by atoms with van der Waals surface area (Å²) in [6.45, 7) is 23.0. The highest BCUT2D eigenvalue weighted by Crippen LogP contribution is 2.67. The maximum atomic E-state index is 10.3. The molecule has 0 bridgehead atoms. The third kappa shape index (κ3) is 9.83. The van der Waals surface area contributed by atoms with Gasteiger partial charge in [0.05, 0.1) is 17.8 Å². The molecule has 2 N–H and O–H groups in total. The number of epoxide rings is 1. The van der Waals surface area contributed by atoms with Crippen molar-refractivity contribution in [1.29, 1.82) is 0 Å². The SMILES string of the molecule is CC1=C(C#CC(C)CCCC(C)CCCCC(C)CCCC(C)CC[C@@]23O[C@]2(C)C[C@@H](O)CC3(C)C)C(C)(C)C[C@H](O)C1. The third-order valence-electron chi connectivity index (χ3n) is 11.9. The van der Waals surface area contributed by atoms with Crippen molar-refractivity contribution in [3.63, 3.8) is 0 Å². The van der Waals surface area contributed by atoms with Crippen LogP contribution in [0.15, 0.2) is 11.1 Å². The van der Waals surface area contributed by atoms with Crippen LogP contribution in [0.4, 0.5) is 0 Å². The Kier molecular flexibility index (Phi) is 12.9. The molecule has 0 aromatic rings. The van der Waals surface area contributed by atoms with Crippen molar-refractivity contribution in [1.82, 2.24) is 0 Å². The van der Waals surface area contributed by atoms with Crippen molar-refractivity contribution in [2.75, 3.05) is 0 Å². The summed E-state index contributed by atoms with van der Waals surface area (Å²) >= 11 is 0. The zero-order valence-corrected chi connectivity index (χ0v) is 30.1. The molecule has 248 valence electrons. The molecule has 1 heterocycles.